The molecule has 5 heteroatoms. The van der Waals surface area contributed by atoms with Crippen molar-refractivity contribution in [3.63, 3.8) is 0 Å². The van der Waals surface area contributed by atoms with E-state index in [0.29, 0.717) is 11.4 Å². The fraction of sp³-hybridized carbons (Fsp3) is 0.100. The summed E-state index contributed by atoms with van der Waals surface area (Å²) in [6, 6.07) is 5.35. The van der Waals surface area contributed by atoms with Crippen LogP contribution in [0, 0.1) is 0 Å². The number of hydrogen-bond donors (Lipinski definition) is 2. The van der Waals surface area contributed by atoms with Gasteiger partial charge in [-0.05, 0) is 18.2 Å². The molecule has 1 aliphatic heterocycles. The average Bonchev–Trinajstić information content (AvgIpc) is 2.18. The Labute approximate surface area is 101 Å². The van der Waals surface area contributed by atoms with Gasteiger partial charge in [-0.15, -0.1) is 5.70 Å². The molecule has 2 N–H and O–H groups in total. The minimum absolute atomic E-state index is 0. The molecule has 0 bridgehead atoms. The Morgan fingerprint density at radius 2 is 2.07 bits per heavy atom. The van der Waals surface area contributed by atoms with Crippen LogP contribution in [0.3, 0.4) is 0 Å². The molecule has 0 aromatic carbocycles. The molecule has 4 nitrogen and oxygen atoms in total. The smallest absolute Gasteiger partial charge is 0.116 e. The summed E-state index contributed by atoms with van der Waals surface area (Å²) in [5.74, 6) is -2.11. The van der Waals surface area contributed by atoms with Gasteiger partial charge in [0.15, 0.2) is 0 Å². The second-order valence-electron chi connectivity index (χ2n) is 2.93. The van der Waals surface area contributed by atoms with Gasteiger partial charge in [0.1, 0.15) is 5.91 Å². The normalized spacial score (nSPS) is 17.3. The Hall–Kier alpha value is -1.00. The zero-order valence-corrected chi connectivity index (χ0v) is 10.1. The van der Waals surface area contributed by atoms with Gasteiger partial charge in [-0.3, -0.25) is 4.98 Å². The summed E-state index contributed by atoms with van der Waals surface area (Å²) < 4.78 is 0. The quantitative estimate of drug-likeness (QED) is 0.714. The maximum absolute atomic E-state index is 9.24. The van der Waals surface area contributed by atoms with Crippen molar-refractivity contribution in [2.24, 2.45) is 0 Å². The Balaban J connectivity index is 0.00000112. The molecular weight excluding hydrogens is 372 g/mol. The molecular formula is C10H9IrN2O2-. The van der Waals surface area contributed by atoms with Gasteiger partial charge >= 0.3 is 0 Å². The van der Waals surface area contributed by atoms with E-state index >= 15 is 0 Å². The zero-order chi connectivity index (χ0) is 10.0. The maximum Gasteiger partial charge on any atom is 0.116 e. The van der Waals surface area contributed by atoms with E-state index in [1.165, 1.54) is 12.2 Å². The van der Waals surface area contributed by atoms with Crippen molar-refractivity contribution in [2.45, 2.75) is 5.91 Å². The van der Waals surface area contributed by atoms with E-state index in [1.54, 1.807) is 24.4 Å². The second-order valence-corrected chi connectivity index (χ2v) is 2.93. The molecule has 0 saturated carbocycles. The number of nitrogens with zero attached hydrogens (tertiary/aromatic N) is 2. The minimum atomic E-state index is -2.11. The maximum atomic E-state index is 9.24. The van der Waals surface area contributed by atoms with E-state index in [2.05, 4.69) is 10.3 Å². The van der Waals surface area contributed by atoms with Crippen LogP contribution in [-0.2, 0) is 20.1 Å². The predicted octanol–water partition coefficient (Wildman–Crippen LogP) is 1.00. The summed E-state index contributed by atoms with van der Waals surface area (Å²) in [6.45, 7) is 0. The first kappa shape index (κ1) is 12.1. The van der Waals surface area contributed by atoms with Crippen molar-refractivity contribution in [2.75, 3.05) is 0 Å². The molecule has 2 rings (SSSR count). The molecule has 0 atom stereocenters. The molecule has 1 aliphatic rings. The Morgan fingerprint density at radius 3 is 2.67 bits per heavy atom. The predicted molar refractivity (Wildman–Crippen MR) is 51.9 cm³/mol. The van der Waals surface area contributed by atoms with Crippen LogP contribution in [0.5, 0.6) is 0 Å². The van der Waals surface area contributed by atoms with Gasteiger partial charge in [0.25, 0.3) is 0 Å². The molecule has 0 amide bonds. The molecule has 81 valence electrons. The first-order valence-corrected chi connectivity index (χ1v) is 4.16. The third kappa shape index (κ3) is 2.97. The number of hydrogen-bond acceptors (Lipinski definition) is 3. The van der Waals surface area contributed by atoms with Crippen molar-refractivity contribution in [1.82, 2.24) is 4.98 Å². The molecule has 2 heterocycles. The topological polar surface area (TPSA) is 67.5 Å². The van der Waals surface area contributed by atoms with E-state index in [4.69, 9.17) is 0 Å². The molecule has 0 spiro atoms. The van der Waals surface area contributed by atoms with Gasteiger partial charge in [-0.25, -0.2) is 0 Å². The van der Waals surface area contributed by atoms with Gasteiger partial charge < -0.3 is 15.5 Å². The number of allylic oxidation sites excluding steroid dienone is 2. The molecule has 1 radical (unpaired) electrons. The molecule has 15 heavy (non-hydrogen) atoms. The van der Waals surface area contributed by atoms with Gasteiger partial charge in [0, 0.05) is 32.0 Å². The van der Waals surface area contributed by atoms with Gasteiger partial charge in [-0.1, -0.05) is 18.2 Å². The molecule has 0 fully saturated rings. The van der Waals surface area contributed by atoms with E-state index in [-0.39, 0.29) is 20.1 Å². The monoisotopic (exact) mass is 382 g/mol. The number of pyridine rings is 1. The van der Waals surface area contributed by atoms with E-state index in [1.807, 2.05) is 6.07 Å². The summed E-state index contributed by atoms with van der Waals surface area (Å²) in [5.41, 5.74) is 1.07. The Kier molecular flexibility index (Phi) is 3.77. The number of rotatable bonds is 1. The Morgan fingerprint density at radius 1 is 1.27 bits per heavy atom. The first-order chi connectivity index (χ1) is 6.67. The molecule has 0 unspecified atom stereocenters. The third-order valence-electron chi connectivity index (χ3n) is 1.79. The first-order valence-electron chi connectivity index (χ1n) is 4.16. The summed E-state index contributed by atoms with van der Waals surface area (Å²) in [5, 5.41) is 22.2. The fourth-order valence-corrected chi connectivity index (χ4v) is 1.18. The van der Waals surface area contributed by atoms with Crippen molar-refractivity contribution in [3.8, 4) is 0 Å². The van der Waals surface area contributed by atoms with E-state index in [9.17, 15) is 10.2 Å². The van der Waals surface area contributed by atoms with Crippen LogP contribution in [0.25, 0.3) is 11.0 Å². The van der Waals surface area contributed by atoms with Crippen LogP contribution in [-0.4, -0.2) is 21.1 Å². The van der Waals surface area contributed by atoms with Crippen LogP contribution >= 0.6 is 0 Å². The van der Waals surface area contributed by atoms with Crippen molar-refractivity contribution >= 4 is 5.70 Å². The largest absolute Gasteiger partial charge is 0.629 e. The second kappa shape index (κ2) is 4.68. The van der Waals surface area contributed by atoms with Crippen LogP contribution in [0.2, 0.25) is 0 Å². The van der Waals surface area contributed by atoms with Crippen molar-refractivity contribution < 1.29 is 30.3 Å². The zero-order valence-electron chi connectivity index (χ0n) is 7.66. The van der Waals surface area contributed by atoms with Crippen LogP contribution in [0.15, 0.2) is 42.6 Å². The molecule has 1 aromatic rings. The van der Waals surface area contributed by atoms with Crippen LogP contribution in [0.4, 0.5) is 0 Å². The summed E-state index contributed by atoms with van der Waals surface area (Å²) in [4.78, 5) is 4.05. The summed E-state index contributed by atoms with van der Waals surface area (Å²) in [7, 11) is 0. The number of aliphatic hydroxyl groups is 2. The van der Waals surface area contributed by atoms with E-state index in [0.717, 1.165) is 0 Å². The van der Waals surface area contributed by atoms with E-state index < -0.39 is 5.91 Å². The SMILES string of the molecule is OC1(O)C=CC=C(c2ccccn2)[N-]1.[Ir]. The summed E-state index contributed by atoms with van der Waals surface area (Å²) in [6.07, 6.45) is 6.03. The molecule has 0 aliphatic carbocycles. The molecule has 0 saturated heterocycles. The van der Waals surface area contributed by atoms with Crippen LogP contribution in [0.1, 0.15) is 5.69 Å². The summed E-state index contributed by atoms with van der Waals surface area (Å²) >= 11 is 0. The third-order valence-corrected chi connectivity index (χ3v) is 1.79. The molecule has 1 aromatic heterocycles. The van der Waals surface area contributed by atoms with Gasteiger partial charge in [0.2, 0.25) is 0 Å². The fourth-order valence-electron chi connectivity index (χ4n) is 1.18. The average molecular weight is 381 g/mol. The number of aromatic nitrogens is 1. The van der Waals surface area contributed by atoms with Gasteiger partial charge in [-0.2, -0.15) is 0 Å². The standard InChI is InChI=1S/C10H9N2O2.Ir/c13-10(14)6-3-5-9(12-10)8-4-1-2-7-11-8;/h1-7,13-14H;/q-1;. The van der Waals surface area contributed by atoms with Crippen molar-refractivity contribution in [3.05, 3.63) is 53.6 Å². The van der Waals surface area contributed by atoms with Crippen molar-refractivity contribution in [1.29, 1.82) is 0 Å². The van der Waals surface area contributed by atoms with Gasteiger partial charge in [0.05, 0.1) is 0 Å². The Bertz CT molecular complexity index is 388. The van der Waals surface area contributed by atoms with Crippen LogP contribution < -0.4 is 0 Å². The minimum Gasteiger partial charge on any atom is -0.629 e.